The summed E-state index contributed by atoms with van der Waals surface area (Å²) < 4.78 is 22.8. The normalized spacial score (nSPS) is 13.3. The third-order valence-corrected chi connectivity index (χ3v) is 4.36. The van der Waals surface area contributed by atoms with Crippen molar-refractivity contribution in [3.05, 3.63) is 18.2 Å². The molecule has 18 heavy (non-hydrogen) atoms. The number of nitrogen functional groups attached to an aromatic ring is 1. The van der Waals surface area contributed by atoms with Crippen LogP contribution in [0.5, 0.6) is 0 Å². The smallest absolute Gasteiger partial charge is 0.175 e. The van der Waals surface area contributed by atoms with Crippen molar-refractivity contribution in [2.75, 3.05) is 29.3 Å². The zero-order valence-electron chi connectivity index (χ0n) is 10.9. The minimum atomic E-state index is -3.20. The van der Waals surface area contributed by atoms with Gasteiger partial charge < -0.3 is 11.1 Å². The summed E-state index contributed by atoms with van der Waals surface area (Å²) in [5.41, 5.74) is 7.12. The number of rotatable bonds is 6. The van der Waals surface area contributed by atoms with E-state index in [-0.39, 0.29) is 4.90 Å². The molecule has 1 atom stereocenters. The van der Waals surface area contributed by atoms with Gasteiger partial charge in [0.05, 0.1) is 16.3 Å². The average Bonchev–Trinajstić information content (AvgIpc) is 2.27. The Kier molecular flexibility index (Phi) is 5.34. The largest absolute Gasteiger partial charge is 0.397 e. The summed E-state index contributed by atoms with van der Waals surface area (Å²) >= 11 is 1.80. The van der Waals surface area contributed by atoms with Crippen LogP contribution in [0.25, 0.3) is 0 Å². The van der Waals surface area contributed by atoms with E-state index in [1.165, 1.54) is 12.3 Å². The maximum absolute atomic E-state index is 11.4. The highest BCUT2D eigenvalue weighted by atomic mass is 32.2. The lowest BCUT2D eigenvalue weighted by Crippen LogP contribution is -2.17. The number of nitrogens with one attached hydrogen (secondary N) is 1. The van der Waals surface area contributed by atoms with Crippen LogP contribution in [-0.4, -0.2) is 32.7 Å². The minimum Gasteiger partial charge on any atom is -0.397 e. The Bertz CT molecular complexity index is 501. The lowest BCUT2D eigenvalue weighted by atomic mass is 10.2. The zero-order chi connectivity index (χ0) is 13.8. The highest BCUT2D eigenvalue weighted by molar-refractivity contribution is 7.98. The van der Waals surface area contributed by atoms with Crippen molar-refractivity contribution >= 4 is 33.0 Å². The molecule has 0 spiro atoms. The fourth-order valence-electron chi connectivity index (χ4n) is 1.54. The van der Waals surface area contributed by atoms with Gasteiger partial charge in [-0.1, -0.05) is 0 Å². The fraction of sp³-hybridized carbons (Fsp3) is 0.500. The molecule has 0 amide bonds. The molecule has 0 saturated carbocycles. The molecular formula is C12H20N2O2S2. The Morgan fingerprint density at radius 1 is 1.44 bits per heavy atom. The number of anilines is 2. The van der Waals surface area contributed by atoms with Gasteiger partial charge >= 0.3 is 0 Å². The van der Waals surface area contributed by atoms with Gasteiger partial charge in [-0.15, -0.1) is 0 Å². The molecule has 6 heteroatoms. The van der Waals surface area contributed by atoms with Crippen molar-refractivity contribution in [2.45, 2.75) is 24.3 Å². The van der Waals surface area contributed by atoms with Gasteiger partial charge in [0.25, 0.3) is 0 Å². The van der Waals surface area contributed by atoms with Gasteiger partial charge in [0.15, 0.2) is 9.84 Å². The summed E-state index contributed by atoms with van der Waals surface area (Å²) in [5.74, 6) is 1.08. The van der Waals surface area contributed by atoms with Gasteiger partial charge in [-0.25, -0.2) is 8.42 Å². The van der Waals surface area contributed by atoms with Crippen LogP contribution in [0.3, 0.4) is 0 Å². The summed E-state index contributed by atoms with van der Waals surface area (Å²) in [6.07, 6.45) is 4.28. The number of hydrogen-bond donors (Lipinski definition) is 2. The van der Waals surface area contributed by atoms with Crippen molar-refractivity contribution in [1.29, 1.82) is 0 Å². The van der Waals surface area contributed by atoms with Gasteiger partial charge in [-0.05, 0) is 43.6 Å². The van der Waals surface area contributed by atoms with Gasteiger partial charge in [0, 0.05) is 12.3 Å². The van der Waals surface area contributed by atoms with Crippen molar-refractivity contribution in [3.8, 4) is 0 Å². The van der Waals surface area contributed by atoms with E-state index in [0.717, 1.165) is 17.9 Å². The van der Waals surface area contributed by atoms with E-state index in [4.69, 9.17) is 5.73 Å². The highest BCUT2D eigenvalue weighted by Gasteiger charge is 2.10. The second kappa shape index (κ2) is 6.33. The van der Waals surface area contributed by atoms with E-state index in [1.807, 2.05) is 0 Å². The van der Waals surface area contributed by atoms with E-state index < -0.39 is 9.84 Å². The Labute approximate surface area is 113 Å². The topological polar surface area (TPSA) is 72.2 Å². The molecule has 0 radical (unpaired) electrons. The maximum Gasteiger partial charge on any atom is 0.175 e. The SMILES string of the molecule is CSCCC(C)Nc1ccc(S(C)(=O)=O)cc1N. The number of benzene rings is 1. The number of thioether (sulfide) groups is 1. The summed E-state index contributed by atoms with van der Waals surface area (Å²) in [6.45, 7) is 2.08. The van der Waals surface area contributed by atoms with Crippen LogP contribution < -0.4 is 11.1 Å². The summed E-state index contributed by atoms with van der Waals surface area (Å²) in [5, 5.41) is 3.29. The standard InChI is InChI=1S/C12H20N2O2S2/c1-9(6-7-17-2)14-12-5-4-10(8-11(12)13)18(3,15)16/h4-5,8-9,14H,6-7,13H2,1-3H3. The first-order chi connectivity index (χ1) is 8.34. The fourth-order valence-corrected chi connectivity index (χ4v) is 2.78. The van der Waals surface area contributed by atoms with E-state index >= 15 is 0 Å². The maximum atomic E-state index is 11.4. The Morgan fingerprint density at radius 2 is 2.11 bits per heavy atom. The van der Waals surface area contributed by atoms with Crippen LogP contribution >= 0.6 is 11.8 Å². The predicted octanol–water partition coefficient (Wildman–Crippen LogP) is 2.23. The highest BCUT2D eigenvalue weighted by Crippen LogP contribution is 2.23. The van der Waals surface area contributed by atoms with Crippen LogP contribution in [0.2, 0.25) is 0 Å². The Morgan fingerprint density at radius 3 is 2.61 bits per heavy atom. The lowest BCUT2D eigenvalue weighted by molar-refractivity contribution is 0.602. The molecule has 0 aliphatic carbocycles. The first-order valence-corrected chi connectivity index (χ1v) is 8.98. The van der Waals surface area contributed by atoms with E-state index in [0.29, 0.717) is 11.7 Å². The third-order valence-electron chi connectivity index (χ3n) is 2.61. The molecule has 4 nitrogen and oxygen atoms in total. The summed E-state index contributed by atoms with van der Waals surface area (Å²) in [7, 11) is -3.20. The first kappa shape index (κ1) is 15.2. The van der Waals surface area contributed by atoms with Gasteiger partial charge in [0.1, 0.15) is 0 Å². The predicted molar refractivity (Wildman–Crippen MR) is 80.0 cm³/mol. The van der Waals surface area contributed by atoms with E-state index in [2.05, 4.69) is 18.5 Å². The molecule has 1 unspecified atom stereocenters. The zero-order valence-corrected chi connectivity index (χ0v) is 12.6. The molecular weight excluding hydrogens is 268 g/mol. The van der Waals surface area contributed by atoms with Crippen molar-refractivity contribution in [2.24, 2.45) is 0 Å². The Hall–Kier alpha value is -0.880. The van der Waals surface area contributed by atoms with E-state index in [9.17, 15) is 8.42 Å². The molecule has 0 saturated heterocycles. The van der Waals surface area contributed by atoms with Crippen LogP contribution in [0, 0.1) is 0 Å². The number of sulfone groups is 1. The molecule has 0 fully saturated rings. The third kappa shape index (κ3) is 4.42. The Balaban J connectivity index is 2.80. The second-order valence-corrected chi connectivity index (χ2v) is 7.35. The molecule has 1 aromatic rings. The van der Waals surface area contributed by atoms with Crippen molar-refractivity contribution in [3.63, 3.8) is 0 Å². The molecule has 0 heterocycles. The van der Waals surface area contributed by atoms with Gasteiger partial charge in [-0.2, -0.15) is 11.8 Å². The van der Waals surface area contributed by atoms with E-state index in [1.54, 1.807) is 23.9 Å². The quantitative estimate of drug-likeness (QED) is 0.785. The van der Waals surface area contributed by atoms with Gasteiger partial charge in [-0.3, -0.25) is 0 Å². The monoisotopic (exact) mass is 288 g/mol. The molecule has 102 valence electrons. The molecule has 1 rings (SSSR count). The van der Waals surface area contributed by atoms with Crippen molar-refractivity contribution < 1.29 is 8.42 Å². The molecule has 0 aliphatic rings. The summed E-state index contributed by atoms with van der Waals surface area (Å²) in [6, 6.07) is 5.11. The number of hydrogen-bond acceptors (Lipinski definition) is 5. The minimum absolute atomic E-state index is 0.252. The molecule has 0 aromatic heterocycles. The van der Waals surface area contributed by atoms with Crippen LogP contribution in [-0.2, 0) is 9.84 Å². The van der Waals surface area contributed by atoms with Crippen LogP contribution in [0.4, 0.5) is 11.4 Å². The first-order valence-electron chi connectivity index (χ1n) is 5.69. The average molecular weight is 288 g/mol. The molecule has 0 bridgehead atoms. The van der Waals surface area contributed by atoms with Crippen LogP contribution in [0.15, 0.2) is 23.1 Å². The number of nitrogens with two attached hydrogens (primary N) is 1. The molecule has 1 aromatic carbocycles. The van der Waals surface area contributed by atoms with Crippen LogP contribution in [0.1, 0.15) is 13.3 Å². The lowest BCUT2D eigenvalue weighted by Gasteiger charge is -2.16. The summed E-state index contributed by atoms with van der Waals surface area (Å²) in [4.78, 5) is 0.252. The second-order valence-electron chi connectivity index (χ2n) is 4.35. The van der Waals surface area contributed by atoms with Gasteiger partial charge in [0.2, 0.25) is 0 Å². The molecule has 3 N–H and O–H groups in total. The molecule has 0 aliphatic heterocycles. The van der Waals surface area contributed by atoms with Crippen molar-refractivity contribution in [1.82, 2.24) is 0 Å².